The summed E-state index contributed by atoms with van der Waals surface area (Å²) >= 11 is 0. The minimum absolute atomic E-state index is 0.0796. The van der Waals surface area contributed by atoms with Gasteiger partial charge in [-0.1, -0.05) is 0 Å². The SMILES string of the molecule is COC(=O)c1ccc(OCC(=O)c2c(N)n(C)c(=O)n(C)c2=O)c([N+](=O)[O-])c1. The molecule has 1 heterocycles. The summed E-state index contributed by atoms with van der Waals surface area (Å²) in [4.78, 5) is 58.3. The number of aromatic nitrogens is 2. The fourth-order valence-corrected chi connectivity index (χ4v) is 2.36. The van der Waals surface area contributed by atoms with Crippen LogP contribution in [-0.2, 0) is 18.8 Å². The minimum atomic E-state index is -0.912. The Morgan fingerprint density at radius 3 is 2.43 bits per heavy atom. The Balaban J connectivity index is 2.36. The van der Waals surface area contributed by atoms with Crippen LogP contribution in [0.3, 0.4) is 0 Å². The van der Waals surface area contributed by atoms with Crippen LogP contribution < -0.4 is 21.7 Å². The van der Waals surface area contributed by atoms with E-state index in [0.29, 0.717) is 4.57 Å². The van der Waals surface area contributed by atoms with E-state index in [1.807, 2.05) is 0 Å². The van der Waals surface area contributed by atoms with Gasteiger partial charge in [-0.15, -0.1) is 0 Å². The van der Waals surface area contributed by atoms with Crippen molar-refractivity contribution in [1.82, 2.24) is 9.13 Å². The molecular formula is C16H16N4O8. The molecule has 0 bridgehead atoms. The Bertz CT molecular complexity index is 1100. The van der Waals surface area contributed by atoms with E-state index in [9.17, 15) is 29.3 Å². The smallest absolute Gasteiger partial charge is 0.338 e. The second-order valence-corrected chi connectivity index (χ2v) is 5.61. The lowest BCUT2D eigenvalue weighted by Gasteiger charge is -2.11. The lowest BCUT2D eigenvalue weighted by atomic mass is 10.2. The van der Waals surface area contributed by atoms with Crippen molar-refractivity contribution < 1.29 is 24.0 Å². The summed E-state index contributed by atoms with van der Waals surface area (Å²) in [5, 5.41) is 11.2. The maximum Gasteiger partial charge on any atom is 0.338 e. The number of methoxy groups -OCH3 is 1. The number of rotatable bonds is 6. The van der Waals surface area contributed by atoms with Gasteiger partial charge in [-0.3, -0.25) is 28.8 Å². The molecule has 0 atom stereocenters. The fraction of sp³-hybridized carbons (Fsp3) is 0.250. The third kappa shape index (κ3) is 3.60. The molecule has 28 heavy (non-hydrogen) atoms. The minimum Gasteiger partial charge on any atom is -0.478 e. The van der Waals surface area contributed by atoms with Crippen molar-refractivity contribution in [2.75, 3.05) is 19.5 Å². The van der Waals surface area contributed by atoms with E-state index >= 15 is 0 Å². The van der Waals surface area contributed by atoms with Gasteiger partial charge in [-0.05, 0) is 12.1 Å². The molecule has 0 fully saturated rings. The average molecular weight is 392 g/mol. The predicted octanol–water partition coefficient (Wildman–Crippen LogP) is -0.377. The van der Waals surface area contributed by atoms with E-state index in [2.05, 4.69) is 4.74 Å². The topological polar surface area (TPSA) is 166 Å². The summed E-state index contributed by atoms with van der Waals surface area (Å²) in [6.07, 6.45) is 0. The van der Waals surface area contributed by atoms with Crippen molar-refractivity contribution in [2.45, 2.75) is 0 Å². The third-order valence-electron chi connectivity index (χ3n) is 3.92. The number of nitrogens with two attached hydrogens (primary N) is 1. The molecule has 12 heteroatoms. The first-order chi connectivity index (χ1) is 13.1. The highest BCUT2D eigenvalue weighted by molar-refractivity contribution is 6.00. The monoisotopic (exact) mass is 392 g/mol. The molecule has 0 radical (unpaired) electrons. The number of hydrogen-bond donors (Lipinski definition) is 1. The number of ketones is 1. The van der Waals surface area contributed by atoms with Crippen molar-refractivity contribution in [3.63, 3.8) is 0 Å². The molecule has 1 aromatic heterocycles. The average Bonchev–Trinajstić information content (AvgIpc) is 2.68. The Kier molecular flexibility index (Phi) is 5.62. The van der Waals surface area contributed by atoms with Crippen molar-refractivity contribution in [2.24, 2.45) is 14.1 Å². The first kappa shape index (κ1) is 20.4. The molecule has 1 aromatic carbocycles. The normalized spacial score (nSPS) is 10.4. The largest absolute Gasteiger partial charge is 0.478 e. The van der Waals surface area contributed by atoms with Gasteiger partial charge < -0.3 is 15.2 Å². The highest BCUT2D eigenvalue weighted by Crippen LogP contribution is 2.28. The molecule has 2 rings (SSSR count). The Hall–Kier alpha value is -3.96. The van der Waals surface area contributed by atoms with E-state index in [1.54, 1.807) is 0 Å². The number of carbonyl (C=O) groups excluding carboxylic acids is 2. The molecule has 2 N–H and O–H groups in total. The summed E-state index contributed by atoms with van der Waals surface area (Å²) in [6, 6.07) is 3.28. The summed E-state index contributed by atoms with van der Waals surface area (Å²) in [5.41, 5.74) is 2.93. The van der Waals surface area contributed by atoms with Crippen LogP contribution in [0.5, 0.6) is 5.75 Å². The van der Waals surface area contributed by atoms with Crippen molar-refractivity contribution in [3.8, 4) is 5.75 Å². The van der Waals surface area contributed by atoms with Gasteiger partial charge in [0.2, 0.25) is 5.78 Å². The number of hydrogen-bond acceptors (Lipinski definition) is 9. The molecule has 2 aromatic rings. The molecule has 148 valence electrons. The van der Waals surface area contributed by atoms with Gasteiger partial charge >= 0.3 is 17.3 Å². The van der Waals surface area contributed by atoms with Crippen LogP contribution in [0.15, 0.2) is 27.8 Å². The zero-order chi connectivity index (χ0) is 21.2. The lowest BCUT2D eigenvalue weighted by molar-refractivity contribution is -0.385. The number of nitrogens with zero attached hydrogens (tertiary/aromatic N) is 3. The maximum absolute atomic E-state index is 12.4. The number of carbonyl (C=O) groups is 2. The molecule has 0 unspecified atom stereocenters. The van der Waals surface area contributed by atoms with Gasteiger partial charge in [0.25, 0.3) is 5.56 Å². The second-order valence-electron chi connectivity index (χ2n) is 5.61. The van der Waals surface area contributed by atoms with Crippen LogP contribution in [0.1, 0.15) is 20.7 Å². The van der Waals surface area contributed by atoms with Gasteiger partial charge in [0.15, 0.2) is 12.4 Å². The first-order valence-corrected chi connectivity index (χ1v) is 7.68. The van der Waals surface area contributed by atoms with E-state index < -0.39 is 45.8 Å². The Morgan fingerprint density at radius 1 is 1.21 bits per heavy atom. The fourth-order valence-electron chi connectivity index (χ4n) is 2.36. The number of benzene rings is 1. The number of anilines is 1. The molecule has 0 saturated heterocycles. The number of Topliss-reactive ketones (excluding diaryl/α,β-unsaturated/α-hetero) is 1. The number of ether oxygens (including phenoxy) is 2. The number of nitrogen functional groups attached to an aromatic ring is 1. The molecule has 0 spiro atoms. The van der Waals surface area contributed by atoms with Crippen LogP contribution in [0.4, 0.5) is 11.5 Å². The zero-order valence-electron chi connectivity index (χ0n) is 15.1. The standard InChI is InChI=1S/C16H16N4O8/c1-18-13(17)12(14(22)19(2)16(18)24)10(21)7-28-11-5-4-8(15(23)27-3)6-9(11)20(25)26/h4-6H,7,17H2,1-3H3. The van der Waals surface area contributed by atoms with Crippen molar-refractivity contribution >= 4 is 23.3 Å². The molecule has 0 aliphatic heterocycles. The van der Waals surface area contributed by atoms with Gasteiger partial charge in [0.05, 0.1) is 17.6 Å². The molecule has 0 aliphatic carbocycles. The second kappa shape index (κ2) is 7.73. The zero-order valence-corrected chi connectivity index (χ0v) is 15.1. The highest BCUT2D eigenvalue weighted by Gasteiger charge is 2.23. The lowest BCUT2D eigenvalue weighted by Crippen LogP contribution is -2.42. The quantitative estimate of drug-likeness (QED) is 0.298. The van der Waals surface area contributed by atoms with Gasteiger partial charge in [-0.25, -0.2) is 9.59 Å². The number of esters is 1. The molecular weight excluding hydrogens is 376 g/mol. The summed E-state index contributed by atoms with van der Waals surface area (Å²) < 4.78 is 11.3. The highest BCUT2D eigenvalue weighted by atomic mass is 16.6. The van der Waals surface area contributed by atoms with Gasteiger partial charge in [-0.2, -0.15) is 0 Å². The molecule has 0 saturated carbocycles. The van der Waals surface area contributed by atoms with E-state index in [1.165, 1.54) is 20.2 Å². The van der Waals surface area contributed by atoms with Gasteiger partial charge in [0.1, 0.15) is 11.4 Å². The van der Waals surface area contributed by atoms with Crippen LogP contribution in [-0.4, -0.2) is 39.5 Å². The number of nitro groups is 1. The molecule has 0 amide bonds. The molecule has 12 nitrogen and oxygen atoms in total. The van der Waals surface area contributed by atoms with E-state index in [4.69, 9.17) is 10.5 Å². The molecule has 0 aliphatic rings. The van der Waals surface area contributed by atoms with E-state index in [0.717, 1.165) is 23.8 Å². The third-order valence-corrected chi connectivity index (χ3v) is 3.92. The van der Waals surface area contributed by atoms with Gasteiger partial charge in [0, 0.05) is 20.2 Å². The Labute approximate surface area is 156 Å². The summed E-state index contributed by atoms with van der Waals surface area (Å²) in [5.74, 6) is -2.31. The van der Waals surface area contributed by atoms with E-state index in [-0.39, 0.29) is 17.1 Å². The van der Waals surface area contributed by atoms with Crippen molar-refractivity contribution in [1.29, 1.82) is 0 Å². The van der Waals surface area contributed by atoms with Crippen LogP contribution in [0.25, 0.3) is 0 Å². The van der Waals surface area contributed by atoms with Crippen LogP contribution in [0, 0.1) is 10.1 Å². The first-order valence-electron chi connectivity index (χ1n) is 7.68. The Morgan fingerprint density at radius 2 is 1.86 bits per heavy atom. The van der Waals surface area contributed by atoms with Crippen LogP contribution in [0.2, 0.25) is 0 Å². The summed E-state index contributed by atoms with van der Waals surface area (Å²) in [7, 11) is 3.58. The number of nitro benzene ring substituents is 1. The van der Waals surface area contributed by atoms with Crippen LogP contribution >= 0.6 is 0 Å². The van der Waals surface area contributed by atoms with Crippen molar-refractivity contribution in [3.05, 3.63) is 60.3 Å². The maximum atomic E-state index is 12.4. The predicted molar refractivity (Wildman–Crippen MR) is 95.6 cm³/mol. The summed E-state index contributed by atoms with van der Waals surface area (Å²) in [6.45, 7) is -0.754.